The summed E-state index contributed by atoms with van der Waals surface area (Å²) < 4.78 is 28.5. The van der Waals surface area contributed by atoms with E-state index in [1.165, 1.54) is 23.9 Å². The molecule has 0 bridgehead atoms. The van der Waals surface area contributed by atoms with E-state index < -0.39 is 0 Å². The van der Waals surface area contributed by atoms with Crippen molar-refractivity contribution in [3.8, 4) is 0 Å². The molecule has 0 heterocycles. The maximum absolute atomic E-state index is 13.1. The molecular weight excluding hydrogens is 269 g/mol. The monoisotopic (exact) mass is 289 g/mol. The van der Waals surface area contributed by atoms with Gasteiger partial charge in [0.15, 0.2) is 0 Å². The van der Waals surface area contributed by atoms with Crippen molar-refractivity contribution in [1.82, 2.24) is 0 Å². The third kappa shape index (κ3) is 8.05. The fraction of sp³-hybridized carbons (Fsp3) is 0.538. The van der Waals surface area contributed by atoms with Crippen molar-refractivity contribution in [3.05, 3.63) is 24.0 Å². The van der Waals surface area contributed by atoms with Crippen LogP contribution in [0.4, 0.5) is 10.1 Å². The summed E-state index contributed by atoms with van der Waals surface area (Å²) in [5, 5.41) is 0. The summed E-state index contributed by atoms with van der Waals surface area (Å²) in [4.78, 5) is 0.817. The van der Waals surface area contributed by atoms with E-state index >= 15 is 0 Å². The van der Waals surface area contributed by atoms with Gasteiger partial charge in [-0.05, 0) is 18.2 Å². The maximum Gasteiger partial charge on any atom is 0.126 e. The number of anilines is 1. The summed E-state index contributed by atoms with van der Waals surface area (Å²) in [6.45, 7) is 2.87. The van der Waals surface area contributed by atoms with Crippen LogP contribution in [0.1, 0.15) is 0 Å². The Labute approximate surface area is 117 Å². The summed E-state index contributed by atoms with van der Waals surface area (Å²) in [5.41, 5.74) is 6.00. The molecule has 1 aromatic carbocycles. The lowest BCUT2D eigenvalue weighted by Gasteiger charge is -2.06. The van der Waals surface area contributed by atoms with Crippen molar-refractivity contribution >= 4 is 17.4 Å². The minimum atomic E-state index is -0.310. The predicted octanol–water partition coefficient (Wildman–Crippen LogP) is 2.18. The van der Waals surface area contributed by atoms with E-state index in [1.54, 1.807) is 13.2 Å². The molecule has 4 nitrogen and oxygen atoms in total. The van der Waals surface area contributed by atoms with Gasteiger partial charge in [0.2, 0.25) is 0 Å². The van der Waals surface area contributed by atoms with Crippen molar-refractivity contribution in [2.24, 2.45) is 0 Å². The Morgan fingerprint density at radius 2 is 1.74 bits per heavy atom. The summed E-state index contributed by atoms with van der Waals surface area (Å²) in [5.74, 6) is 0.441. The normalized spacial score (nSPS) is 10.8. The van der Waals surface area contributed by atoms with Gasteiger partial charge in [0.05, 0.1) is 33.0 Å². The van der Waals surface area contributed by atoms with Crippen molar-refractivity contribution in [2.75, 3.05) is 51.6 Å². The smallest absolute Gasteiger partial charge is 0.126 e. The zero-order valence-electron chi connectivity index (χ0n) is 11.1. The molecule has 6 heteroatoms. The zero-order valence-corrected chi connectivity index (χ0v) is 11.9. The number of halogens is 1. The van der Waals surface area contributed by atoms with Crippen LogP contribution in [-0.2, 0) is 14.2 Å². The lowest BCUT2D eigenvalue weighted by atomic mass is 10.3. The molecule has 0 atom stereocenters. The molecular formula is C13H20FNO3S. The Morgan fingerprint density at radius 1 is 1.05 bits per heavy atom. The van der Waals surface area contributed by atoms with Gasteiger partial charge in [-0.25, -0.2) is 4.39 Å². The van der Waals surface area contributed by atoms with Gasteiger partial charge in [0.25, 0.3) is 0 Å². The van der Waals surface area contributed by atoms with E-state index in [0.717, 1.165) is 10.6 Å². The van der Waals surface area contributed by atoms with Crippen molar-refractivity contribution in [2.45, 2.75) is 4.90 Å². The number of ether oxygens (including phenoxy) is 3. The number of methoxy groups -OCH3 is 1. The van der Waals surface area contributed by atoms with E-state index in [9.17, 15) is 4.39 Å². The van der Waals surface area contributed by atoms with E-state index in [0.29, 0.717) is 38.7 Å². The Morgan fingerprint density at radius 3 is 2.42 bits per heavy atom. The molecule has 0 unspecified atom stereocenters. The number of rotatable bonds is 10. The van der Waals surface area contributed by atoms with E-state index in [-0.39, 0.29) is 5.82 Å². The third-order valence-corrected chi connectivity index (χ3v) is 3.13. The highest BCUT2D eigenvalue weighted by atomic mass is 32.2. The van der Waals surface area contributed by atoms with Gasteiger partial charge in [-0.2, -0.15) is 0 Å². The van der Waals surface area contributed by atoms with Crippen LogP contribution >= 0.6 is 11.8 Å². The van der Waals surface area contributed by atoms with Crippen LogP contribution in [0.2, 0.25) is 0 Å². The summed E-state index contributed by atoms with van der Waals surface area (Å²) in [6.07, 6.45) is 0. The van der Waals surface area contributed by atoms with Crippen LogP contribution in [0.3, 0.4) is 0 Å². The molecule has 0 fully saturated rings. The van der Waals surface area contributed by atoms with Crippen LogP contribution in [0.15, 0.2) is 23.1 Å². The molecule has 0 amide bonds. The first-order valence-electron chi connectivity index (χ1n) is 6.05. The van der Waals surface area contributed by atoms with Crippen molar-refractivity contribution in [1.29, 1.82) is 0 Å². The largest absolute Gasteiger partial charge is 0.399 e. The van der Waals surface area contributed by atoms with Crippen molar-refractivity contribution in [3.63, 3.8) is 0 Å². The van der Waals surface area contributed by atoms with Crippen LogP contribution in [-0.4, -0.2) is 45.9 Å². The highest BCUT2D eigenvalue weighted by Gasteiger charge is 1.99. The summed E-state index contributed by atoms with van der Waals surface area (Å²) in [6, 6.07) is 4.52. The zero-order chi connectivity index (χ0) is 13.9. The van der Waals surface area contributed by atoms with Gasteiger partial charge in [-0.15, -0.1) is 11.8 Å². The average molecular weight is 289 g/mol. The first-order chi connectivity index (χ1) is 9.22. The highest BCUT2D eigenvalue weighted by Crippen LogP contribution is 2.21. The third-order valence-electron chi connectivity index (χ3n) is 2.19. The molecule has 19 heavy (non-hydrogen) atoms. The first kappa shape index (κ1) is 16.2. The average Bonchev–Trinajstić information content (AvgIpc) is 2.36. The van der Waals surface area contributed by atoms with Gasteiger partial charge in [0, 0.05) is 23.4 Å². The van der Waals surface area contributed by atoms with Crippen molar-refractivity contribution < 1.29 is 18.6 Å². The fourth-order valence-corrected chi connectivity index (χ4v) is 2.20. The second kappa shape index (κ2) is 10.0. The molecule has 0 aliphatic carbocycles. The number of hydrogen-bond acceptors (Lipinski definition) is 5. The van der Waals surface area contributed by atoms with Crippen LogP contribution in [0, 0.1) is 5.82 Å². The molecule has 0 saturated heterocycles. The highest BCUT2D eigenvalue weighted by molar-refractivity contribution is 7.99. The van der Waals surface area contributed by atoms with E-state index in [4.69, 9.17) is 19.9 Å². The molecule has 0 aliphatic heterocycles. The standard InChI is InChI=1S/C13H20FNO3S/c1-16-2-3-17-4-5-18-6-7-19-13-9-11(14)8-12(15)10-13/h8-10H,2-7,15H2,1H3. The molecule has 1 aromatic rings. The van der Waals surface area contributed by atoms with Crippen LogP contribution < -0.4 is 5.73 Å². The topological polar surface area (TPSA) is 53.7 Å². The van der Waals surface area contributed by atoms with Gasteiger partial charge >= 0.3 is 0 Å². The molecule has 2 N–H and O–H groups in total. The Hall–Kier alpha value is -0.820. The fourth-order valence-electron chi connectivity index (χ4n) is 1.35. The minimum Gasteiger partial charge on any atom is -0.399 e. The first-order valence-corrected chi connectivity index (χ1v) is 7.04. The molecule has 1 rings (SSSR count). The number of nitrogen functional groups attached to an aromatic ring is 1. The van der Waals surface area contributed by atoms with Gasteiger partial charge in [-0.1, -0.05) is 0 Å². The molecule has 0 aromatic heterocycles. The number of thioether (sulfide) groups is 1. The number of benzene rings is 1. The Kier molecular flexibility index (Phi) is 8.57. The predicted molar refractivity (Wildman–Crippen MR) is 75.1 cm³/mol. The quantitative estimate of drug-likeness (QED) is 0.406. The summed E-state index contributed by atoms with van der Waals surface area (Å²) >= 11 is 1.51. The Bertz CT molecular complexity index is 345. The molecule has 0 aliphatic rings. The lowest BCUT2D eigenvalue weighted by Crippen LogP contribution is -2.09. The molecule has 108 valence electrons. The van der Waals surface area contributed by atoms with Gasteiger partial charge in [-0.3, -0.25) is 0 Å². The second-order valence-electron chi connectivity index (χ2n) is 3.79. The molecule has 0 saturated carbocycles. The molecule has 0 spiro atoms. The van der Waals surface area contributed by atoms with E-state index in [1.807, 2.05) is 0 Å². The SMILES string of the molecule is COCCOCCOCCSc1cc(N)cc(F)c1. The van der Waals surface area contributed by atoms with Crippen LogP contribution in [0.5, 0.6) is 0 Å². The lowest BCUT2D eigenvalue weighted by molar-refractivity contribution is 0.0286. The summed E-state index contributed by atoms with van der Waals surface area (Å²) in [7, 11) is 1.64. The van der Waals surface area contributed by atoms with Gasteiger partial charge in [0.1, 0.15) is 5.82 Å². The van der Waals surface area contributed by atoms with E-state index in [2.05, 4.69) is 0 Å². The number of nitrogens with two attached hydrogens (primary N) is 1. The second-order valence-corrected chi connectivity index (χ2v) is 4.95. The minimum absolute atomic E-state index is 0.310. The van der Waals surface area contributed by atoms with Crippen LogP contribution in [0.25, 0.3) is 0 Å². The Balaban J connectivity index is 2.01. The molecule has 0 radical (unpaired) electrons. The number of hydrogen-bond donors (Lipinski definition) is 1. The van der Waals surface area contributed by atoms with Gasteiger partial charge < -0.3 is 19.9 Å². The maximum atomic E-state index is 13.1.